The average molecular weight is 375 g/mol. The van der Waals surface area contributed by atoms with Crippen LogP contribution in [0.1, 0.15) is 50.8 Å². The molecule has 1 amide bonds. The van der Waals surface area contributed by atoms with Crippen LogP contribution in [0.15, 0.2) is 29.4 Å². The molecule has 1 fully saturated rings. The Kier molecular flexibility index (Phi) is 6.55. The lowest BCUT2D eigenvalue weighted by Gasteiger charge is -2.21. The number of thioether (sulfide) groups is 1. The number of hydrogen-bond acceptors (Lipinski definition) is 5. The Balaban J connectivity index is 1.58. The topological polar surface area (TPSA) is 69.0 Å². The van der Waals surface area contributed by atoms with Crippen LogP contribution in [0.5, 0.6) is 5.75 Å². The van der Waals surface area contributed by atoms with Crippen LogP contribution in [0.25, 0.3) is 0 Å². The summed E-state index contributed by atoms with van der Waals surface area (Å²) in [5.41, 5.74) is 0.760. The highest BCUT2D eigenvalue weighted by Gasteiger charge is 2.23. The summed E-state index contributed by atoms with van der Waals surface area (Å²) in [6.07, 6.45) is 6.26. The van der Waals surface area contributed by atoms with E-state index < -0.39 is 0 Å². The van der Waals surface area contributed by atoms with Gasteiger partial charge in [-0.2, -0.15) is 0 Å². The number of carbonyl (C=O) groups excluding carboxylic acids is 1. The summed E-state index contributed by atoms with van der Waals surface area (Å²) < 4.78 is 7.29. The molecule has 1 aliphatic carbocycles. The third kappa shape index (κ3) is 4.58. The monoisotopic (exact) mass is 374 g/mol. The van der Waals surface area contributed by atoms with Gasteiger partial charge >= 0.3 is 0 Å². The molecule has 1 N–H and O–H groups in total. The van der Waals surface area contributed by atoms with Crippen molar-refractivity contribution in [3.8, 4) is 5.75 Å². The number of rotatable bonds is 7. The standard InChI is InChI=1S/C19H26N4O2S/c1-3-23-18(14-7-5-4-6-8-14)21-22-19(23)26-13-17(24)20-15-9-11-16(25-2)12-10-15/h9-12,14H,3-8,13H2,1-2H3,(H,20,24). The van der Waals surface area contributed by atoms with Gasteiger partial charge in [-0.05, 0) is 44.0 Å². The first-order valence-electron chi connectivity index (χ1n) is 9.21. The zero-order chi connectivity index (χ0) is 18.4. The second-order valence-corrected chi connectivity index (χ2v) is 7.43. The summed E-state index contributed by atoms with van der Waals surface area (Å²) in [5.74, 6) is 2.63. The van der Waals surface area contributed by atoms with Crippen LogP contribution >= 0.6 is 11.8 Å². The van der Waals surface area contributed by atoms with Gasteiger partial charge in [-0.3, -0.25) is 4.79 Å². The van der Waals surface area contributed by atoms with E-state index in [1.165, 1.54) is 43.9 Å². The Bertz CT molecular complexity index is 724. The van der Waals surface area contributed by atoms with Crippen molar-refractivity contribution in [1.29, 1.82) is 0 Å². The van der Waals surface area contributed by atoms with Crippen molar-refractivity contribution in [2.24, 2.45) is 0 Å². The van der Waals surface area contributed by atoms with E-state index >= 15 is 0 Å². The minimum absolute atomic E-state index is 0.0509. The molecule has 26 heavy (non-hydrogen) atoms. The van der Waals surface area contributed by atoms with Gasteiger partial charge in [0.15, 0.2) is 5.16 Å². The van der Waals surface area contributed by atoms with Crippen LogP contribution in [0, 0.1) is 0 Å². The maximum Gasteiger partial charge on any atom is 0.234 e. The van der Waals surface area contributed by atoms with E-state index in [0.717, 1.165) is 29.0 Å². The van der Waals surface area contributed by atoms with Crippen molar-refractivity contribution < 1.29 is 9.53 Å². The summed E-state index contributed by atoms with van der Waals surface area (Å²) >= 11 is 1.44. The number of amides is 1. The van der Waals surface area contributed by atoms with Crippen LogP contribution in [-0.4, -0.2) is 33.5 Å². The molecule has 6 nitrogen and oxygen atoms in total. The van der Waals surface area contributed by atoms with E-state index in [1.807, 2.05) is 24.3 Å². The molecule has 3 rings (SSSR count). The summed E-state index contributed by atoms with van der Waals surface area (Å²) in [5, 5.41) is 12.5. The van der Waals surface area contributed by atoms with Crippen LogP contribution in [-0.2, 0) is 11.3 Å². The molecule has 1 saturated carbocycles. The average Bonchev–Trinajstić information content (AvgIpc) is 3.10. The number of nitrogens with zero attached hydrogens (tertiary/aromatic N) is 3. The molecule has 7 heteroatoms. The van der Waals surface area contributed by atoms with E-state index in [2.05, 4.69) is 27.0 Å². The van der Waals surface area contributed by atoms with Crippen molar-refractivity contribution >= 4 is 23.4 Å². The fraction of sp³-hybridized carbons (Fsp3) is 0.526. The van der Waals surface area contributed by atoms with E-state index in [1.54, 1.807) is 7.11 Å². The van der Waals surface area contributed by atoms with E-state index in [0.29, 0.717) is 11.7 Å². The molecule has 0 atom stereocenters. The summed E-state index contributed by atoms with van der Waals surface area (Å²) in [6, 6.07) is 7.31. The number of carbonyl (C=O) groups is 1. The molecule has 2 aromatic rings. The fourth-order valence-electron chi connectivity index (χ4n) is 3.37. The summed E-state index contributed by atoms with van der Waals surface area (Å²) in [7, 11) is 1.62. The highest BCUT2D eigenvalue weighted by molar-refractivity contribution is 7.99. The van der Waals surface area contributed by atoms with Crippen molar-refractivity contribution in [2.45, 2.75) is 56.6 Å². The van der Waals surface area contributed by atoms with Crippen LogP contribution < -0.4 is 10.1 Å². The lowest BCUT2D eigenvalue weighted by molar-refractivity contribution is -0.113. The van der Waals surface area contributed by atoms with Gasteiger partial charge in [-0.15, -0.1) is 10.2 Å². The summed E-state index contributed by atoms with van der Waals surface area (Å²) in [4.78, 5) is 12.2. The number of aromatic nitrogens is 3. The molecule has 0 spiro atoms. The van der Waals surface area contributed by atoms with Crippen molar-refractivity contribution in [3.05, 3.63) is 30.1 Å². The van der Waals surface area contributed by atoms with Gasteiger partial charge < -0.3 is 14.6 Å². The first-order chi connectivity index (χ1) is 12.7. The lowest BCUT2D eigenvalue weighted by atomic mass is 9.89. The Morgan fingerprint density at radius 3 is 2.62 bits per heavy atom. The highest BCUT2D eigenvalue weighted by atomic mass is 32.2. The van der Waals surface area contributed by atoms with Gasteiger partial charge in [0, 0.05) is 18.2 Å². The van der Waals surface area contributed by atoms with Crippen molar-refractivity contribution in [1.82, 2.24) is 14.8 Å². The van der Waals surface area contributed by atoms with Gasteiger partial charge in [-0.25, -0.2) is 0 Å². The predicted molar refractivity (Wildman–Crippen MR) is 104 cm³/mol. The van der Waals surface area contributed by atoms with E-state index in [4.69, 9.17) is 4.74 Å². The minimum atomic E-state index is -0.0509. The minimum Gasteiger partial charge on any atom is -0.497 e. The third-order valence-electron chi connectivity index (χ3n) is 4.74. The SMILES string of the molecule is CCn1c(SCC(=O)Nc2ccc(OC)cc2)nnc1C1CCCCC1. The quantitative estimate of drug-likeness (QED) is 0.740. The highest BCUT2D eigenvalue weighted by Crippen LogP contribution is 2.33. The number of methoxy groups -OCH3 is 1. The maximum absolute atomic E-state index is 12.2. The summed E-state index contributed by atoms with van der Waals surface area (Å²) in [6.45, 7) is 2.94. The Labute approximate surface area is 158 Å². The van der Waals surface area contributed by atoms with E-state index in [-0.39, 0.29) is 5.91 Å². The van der Waals surface area contributed by atoms with Crippen LogP contribution in [0.3, 0.4) is 0 Å². The first-order valence-corrected chi connectivity index (χ1v) is 10.2. The van der Waals surface area contributed by atoms with Crippen LogP contribution in [0.4, 0.5) is 5.69 Å². The largest absolute Gasteiger partial charge is 0.497 e. The second kappa shape index (κ2) is 9.07. The smallest absolute Gasteiger partial charge is 0.234 e. The Morgan fingerprint density at radius 1 is 1.23 bits per heavy atom. The zero-order valence-corrected chi connectivity index (χ0v) is 16.2. The maximum atomic E-state index is 12.2. The molecule has 1 heterocycles. The number of benzene rings is 1. The fourth-order valence-corrected chi connectivity index (χ4v) is 4.18. The van der Waals surface area contributed by atoms with Gasteiger partial charge in [-0.1, -0.05) is 31.0 Å². The van der Waals surface area contributed by atoms with Gasteiger partial charge in [0.05, 0.1) is 12.9 Å². The molecule has 0 unspecified atom stereocenters. The molecule has 1 aromatic carbocycles. The van der Waals surface area contributed by atoms with E-state index in [9.17, 15) is 4.79 Å². The lowest BCUT2D eigenvalue weighted by Crippen LogP contribution is -2.15. The molecule has 0 bridgehead atoms. The van der Waals surface area contributed by atoms with Gasteiger partial charge in [0.2, 0.25) is 5.91 Å². The van der Waals surface area contributed by atoms with Crippen molar-refractivity contribution in [3.63, 3.8) is 0 Å². The molecule has 1 aromatic heterocycles. The zero-order valence-electron chi connectivity index (χ0n) is 15.4. The second-order valence-electron chi connectivity index (χ2n) is 6.49. The molecule has 140 valence electrons. The van der Waals surface area contributed by atoms with Crippen molar-refractivity contribution in [2.75, 3.05) is 18.2 Å². The third-order valence-corrected chi connectivity index (χ3v) is 5.70. The normalized spacial score (nSPS) is 15.0. The molecule has 0 saturated heterocycles. The Morgan fingerprint density at radius 2 is 1.96 bits per heavy atom. The molecule has 1 aliphatic rings. The van der Waals surface area contributed by atoms with Gasteiger partial charge in [0.1, 0.15) is 11.6 Å². The number of nitrogens with one attached hydrogen (secondary N) is 1. The number of hydrogen-bond donors (Lipinski definition) is 1. The molecular weight excluding hydrogens is 348 g/mol. The number of anilines is 1. The molecular formula is C19H26N4O2S. The molecule has 0 radical (unpaired) electrons. The number of ether oxygens (including phenoxy) is 1. The molecule has 0 aliphatic heterocycles. The Hall–Kier alpha value is -2.02. The van der Waals surface area contributed by atoms with Crippen LogP contribution in [0.2, 0.25) is 0 Å². The van der Waals surface area contributed by atoms with Gasteiger partial charge in [0.25, 0.3) is 0 Å². The first kappa shape index (κ1) is 18.8. The predicted octanol–water partition coefficient (Wildman–Crippen LogP) is 4.09.